The maximum Gasteiger partial charge on any atom is 0.0343 e. The SMILES string of the molecule is CCc1cc(NCCN(CC)CC)ccc1C. The van der Waals surface area contributed by atoms with Crippen LogP contribution in [0.3, 0.4) is 0 Å². The van der Waals surface area contributed by atoms with Crippen LogP contribution in [0.5, 0.6) is 0 Å². The Morgan fingerprint density at radius 3 is 2.41 bits per heavy atom. The Hall–Kier alpha value is -1.02. The van der Waals surface area contributed by atoms with E-state index >= 15 is 0 Å². The standard InChI is InChI=1S/C15H26N2/c1-5-14-12-15(9-8-13(14)4)16-10-11-17(6-2)7-3/h8-9,12,16H,5-7,10-11H2,1-4H3. The summed E-state index contributed by atoms with van der Waals surface area (Å²) in [6, 6.07) is 6.66. The maximum atomic E-state index is 3.50. The Kier molecular flexibility index (Phi) is 6.06. The summed E-state index contributed by atoms with van der Waals surface area (Å²) < 4.78 is 0. The first-order valence-electron chi connectivity index (χ1n) is 6.77. The summed E-state index contributed by atoms with van der Waals surface area (Å²) in [5.74, 6) is 0. The smallest absolute Gasteiger partial charge is 0.0343 e. The number of benzene rings is 1. The summed E-state index contributed by atoms with van der Waals surface area (Å²) in [5, 5.41) is 3.50. The fourth-order valence-electron chi connectivity index (χ4n) is 2.06. The van der Waals surface area contributed by atoms with E-state index in [1.807, 2.05) is 0 Å². The summed E-state index contributed by atoms with van der Waals surface area (Å²) in [6.45, 7) is 13.2. The Morgan fingerprint density at radius 2 is 1.82 bits per heavy atom. The molecule has 1 aromatic carbocycles. The third-order valence-electron chi connectivity index (χ3n) is 3.38. The Bertz CT molecular complexity index is 330. The molecule has 0 amide bonds. The zero-order valence-electron chi connectivity index (χ0n) is 11.7. The van der Waals surface area contributed by atoms with Gasteiger partial charge >= 0.3 is 0 Å². The van der Waals surface area contributed by atoms with Crippen molar-refractivity contribution in [3.8, 4) is 0 Å². The molecular weight excluding hydrogens is 208 g/mol. The average Bonchev–Trinajstić information content (AvgIpc) is 2.36. The lowest BCUT2D eigenvalue weighted by molar-refractivity contribution is 0.316. The maximum absolute atomic E-state index is 3.50. The minimum atomic E-state index is 1.02. The fourth-order valence-corrected chi connectivity index (χ4v) is 2.06. The van der Waals surface area contributed by atoms with E-state index in [9.17, 15) is 0 Å². The van der Waals surface area contributed by atoms with Gasteiger partial charge in [-0.15, -0.1) is 0 Å². The van der Waals surface area contributed by atoms with Crippen LogP contribution in [0.4, 0.5) is 5.69 Å². The molecule has 0 unspecified atom stereocenters. The van der Waals surface area contributed by atoms with E-state index in [0.717, 1.165) is 32.6 Å². The van der Waals surface area contributed by atoms with E-state index in [0.29, 0.717) is 0 Å². The molecule has 0 atom stereocenters. The third-order valence-corrected chi connectivity index (χ3v) is 3.38. The molecule has 96 valence electrons. The Balaban J connectivity index is 2.46. The van der Waals surface area contributed by atoms with Crippen LogP contribution in [-0.2, 0) is 6.42 Å². The van der Waals surface area contributed by atoms with Crippen molar-refractivity contribution in [2.45, 2.75) is 34.1 Å². The van der Waals surface area contributed by atoms with Gasteiger partial charge in [-0.05, 0) is 49.7 Å². The minimum Gasteiger partial charge on any atom is -0.384 e. The second kappa shape index (κ2) is 7.33. The van der Waals surface area contributed by atoms with E-state index in [1.165, 1.54) is 16.8 Å². The van der Waals surface area contributed by atoms with E-state index in [2.05, 4.69) is 56.1 Å². The number of hydrogen-bond acceptors (Lipinski definition) is 2. The first kappa shape index (κ1) is 14.0. The molecule has 0 fully saturated rings. The second-order valence-electron chi connectivity index (χ2n) is 4.45. The minimum absolute atomic E-state index is 1.02. The van der Waals surface area contributed by atoms with Crippen LogP contribution in [0.15, 0.2) is 18.2 Å². The number of nitrogens with one attached hydrogen (secondary N) is 1. The van der Waals surface area contributed by atoms with Crippen LogP contribution in [0.2, 0.25) is 0 Å². The van der Waals surface area contributed by atoms with Crippen molar-refractivity contribution in [2.75, 3.05) is 31.5 Å². The fraction of sp³-hybridized carbons (Fsp3) is 0.600. The van der Waals surface area contributed by atoms with Crippen LogP contribution in [0.25, 0.3) is 0 Å². The molecule has 0 radical (unpaired) electrons. The van der Waals surface area contributed by atoms with Gasteiger partial charge in [-0.3, -0.25) is 0 Å². The van der Waals surface area contributed by atoms with Gasteiger partial charge in [0.15, 0.2) is 0 Å². The molecule has 2 heteroatoms. The lowest BCUT2D eigenvalue weighted by atomic mass is 10.1. The van der Waals surface area contributed by atoms with Crippen LogP contribution >= 0.6 is 0 Å². The molecular formula is C15H26N2. The number of hydrogen-bond donors (Lipinski definition) is 1. The molecule has 0 saturated heterocycles. The molecule has 1 aromatic rings. The summed E-state index contributed by atoms with van der Waals surface area (Å²) in [6.07, 6.45) is 1.11. The third kappa shape index (κ3) is 4.39. The molecule has 0 aliphatic carbocycles. The largest absolute Gasteiger partial charge is 0.384 e. The summed E-state index contributed by atoms with van der Waals surface area (Å²) in [4.78, 5) is 2.43. The second-order valence-corrected chi connectivity index (χ2v) is 4.45. The number of likely N-dealkylation sites (N-methyl/N-ethyl adjacent to an activating group) is 1. The van der Waals surface area contributed by atoms with Crippen molar-refractivity contribution in [3.63, 3.8) is 0 Å². The normalized spacial score (nSPS) is 10.9. The Labute approximate surface area is 106 Å². The average molecular weight is 234 g/mol. The van der Waals surface area contributed by atoms with Crippen molar-refractivity contribution in [3.05, 3.63) is 29.3 Å². The highest BCUT2D eigenvalue weighted by Gasteiger charge is 2.00. The summed E-state index contributed by atoms with van der Waals surface area (Å²) >= 11 is 0. The van der Waals surface area contributed by atoms with E-state index < -0.39 is 0 Å². The van der Waals surface area contributed by atoms with Crippen molar-refractivity contribution in [1.82, 2.24) is 4.90 Å². The van der Waals surface area contributed by atoms with Gasteiger partial charge in [0.25, 0.3) is 0 Å². The Morgan fingerprint density at radius 1 is 1.12 bits per heavy atom. The lowest BCUT2D eigenvalue weighted by Crippen LogP contribution is -2.28. The predicted molar refractivity (Wildman–Crippen MR) is 76.8 cm³/mol. The molecule has 1 rings (SSSR count). The van der Waals surface area contributed by atoms with Gasteiger partial charge in [0.2, 0.25) is 0 Å². The lowest BCUT2D eigenvalue weighted by Gasteiger charge is -2.18. The highest BCUT2D eigenvalue weighted by molar-refractivity contribution is 5.48. The molecule has 1 N–H and O–H groups in total. The molecule has 0 spiro atoms. The predicted octanol–water partition coefficient (Wildman–Crippen LogP) is 3.31. The first-order chi connectivity index (χ1) is 8.21. The van der Waals surface area contributed by atoms with Crippen LogP contribution in [-0.4, -0.2) is 31.1 Å². The van der Waals surface area contributed by atoms with E-state index in [4.69, 9.17) is 0 Å². The molecule has 0 aliphatic heterocycles. The first-order valence-corrected chi connectivity index (χ1v) is 6.77. The molecule has 0 bridgehead atoms. The van der Waals surface area contributed by atoms with Gasteiger partial charge in [0.05, 0.1) is 0 Å². The zero-order valence-corrected chi connectivity index (χ0v) is 11.7. The van der Waals surface area contributed by atoms with Crippen molar-refractivity contribution < 1.29 is 0 Å². The topological polar surface area (TPSA) is 15.3 Å². The highest BCUT2D eigenvalue weighted by Crippen LogP contribution is 2.15. The van der Waals surface area contributed by atoms with Crippen molar-refractivity contribution in [1.29, 1.82) is 0 Å². The summed E-state index contributed by atoms with van der Waals surface area (Å²) in [7, 11) is 0. The van der Waals surface area contributed by atoms with Gasteiger partial charge in [0.1, 0.15) is 0 Å². The number of rotatable bonds is 7. The quantitative estimate of drug-likeness (QED) is 0.778. The van der Waals surface area contributed by atoms with Gasteiger partial charge in [-0.2, -0.15) is 0 Å². The van der Waals surface area contributed by atoms with Crippen LogP contribution < -0.4 is 5.32 Å². The van der Waals surface area contributed by atoms with Crippen molar-refractivity contribution in [2.24, 2.45) is 0 Å². The monoisotopic (exact) mass is 234 g/mol. The molecule has 0 heterocycles. The molecule has 0 aromatic heterocycles. The van der Waals surface area contributed by atoms with Crippen LogP contribution in [0.1, 0.15) is 31.9 Å². The van der Waals surface area contributed by atoms with E-state index in [1.54, 1.807) is 0 Å². The number of anilines is 1. The van der Waals surface area contributed by atoms with Gasteiger partial charge in [-0.25, -0.2) is 0 Å². The molecule has 2 nitrogen and oxygen atoms in total. The summed E-state index contributed by atoms with van der Waals surface area (Å²) in [5.41, 5.74) is 4.08. The number of aryl methyl sites for hydroxylation is 2. The highest BCUT2D eigenvalue weighted by atomic mass is 15.1. The van der Waals surface area contributed by atoms with Gasteiger partial charge < -0.3 is 10.2 Å². The molecule has 17 heavy (non-hydrogen) atoms. The van der Waals surface area contributed by atoms with Crippen LogP contribution in [0, 0.1) is 6.92 Å². The van der Waals surface area contributed by atoms with Gasteiger partial charge in [-0.1, -0.05) is 26.8 Å². The van der Waals surface area contributed by atoms with Crippen molar-refractivity contribution >= 4 is 5.69 Å². The molecule has 0 saturated carbocycles. The number of nitrogens with zero attached hydrogens (tertiary/aromatic N) is 1. The van der Waals surface area contributed by atoms with Gasteiger partial charge in [0, 0.05) is 18.8 Å². The zero-order chi connectivity index (χ0) is 12.7. The van der Waals surface area contributed by atoms with E-state index in [-0.39, 0.29) is 0 Å². The molecule has 0 aliphatic rings.